The molecule has 1 aromatic heterocycles. The number of hydrogen-bond acceptors (Lipinski definition) is 7. The first-order valence-corrected chi connectivity index (χ1v) is 9.78. The third kappa shape index (κ3) is 3.54. The fourth-order valence-corrected chi connectivity index (χ4v) is 3.91. The van der Waals surface area contributed by atoms with Gasteiger partial charge < -0.3 is 24.6 Å². The van der Waals surface area contributed by atoms with Crippen LogP contribution in [0, 0.1) is 4.91 Å². The van der Waals surface area contributed by atoms with Gasteiger partial charge in [0, 0.05) is 41.4 Å². The van der Waals surface area contributed by atoms with E-state index < -0.39 is 11.3 Å². The summed E-state index contributed by atoms with van der Waals surface area (Å²) < 4.78 is 7.61. The van der Waals surface area contributed by atoms with E-state index in [9.17, 15) is 19.6 Å². The number of aromatic nitrogens is 1. The minimum Gasteiger partial charge on any atom is -0.504 e. The molecule has 0 saturated carbocycles. The van der Waals surface area contributed by atoms with Crippen LogP contribution in [0.2, 0.25) is 0 Å². The smallest absolute Gasteiger partial charge is 0.322 e. The molecule has 1 unspecified atom stereocenters. The molecule has 0 fully saturated rings. The Balaban J connectivity index is 1.67. The standard InChI is InChI=1S/C21H22N4O5/c1-2-14-7-13-8-20(30-6-5-24-4-3-22-12-24)19(27)9-15(13)17-10-18(26)16(11-25(14)17)21(28)23-29/h3-4,8-11,14,22,27H,2,5-7,12H2,1H3. The minimum atomic E-state index is -1.08. The van der Waals surface area contributed by atoms with Crippen LogP contribution in [0.1, 0.15) is 35.3 Å². The number of fused-ring (bicyclic) bond motifs is 3. The first-order chi connectivity index (χ1) is 14.5. The highest BCUT2D eigenvalue weighted by atomic mass is 16.5. The number of carbonyl (C=O) groups excluding carboxylic acids is 1. The highest BCUT2D eigenvalue weighted by Crippen LogP contribution is 2.41. The van der Waals surface area contributed by atoms with E-state index in [-0.39, 0.29) is 17.4 Å². The van der Waals surface area contributed by atoms with Crippen molar-refractivity contribution >= 4 is 5.91 Å². The topological polar surface area (TPSA) is 113 Å². The van der Waals surface area contributed by atoms with E-state index in [2.05, 4.69) is 15.4 Å². The van der Waals surface area contributed by atoms with Gasteiger partial charge in [-0.3, -0.25) is 9.59 Å². The number of hydrogen-bond donors (Lipinski definition) is 2. The lowest BCUT2D eigenvalue weighted by Gasteiger charge is -2.30. The Morgan fingerprint density at radius 2 is 2.20 bits per heavy atom. The van der Waals surface area contributed by atoms with Crippen molar-refractivity contribution < 1.29 is 14.6 Å². The zero-order chi connectivity index (χ0) is 21.3. The summed E-state index contributed by atoms with van der Waals surface area (Å²) >= 11 is 0. The summed E-state index contributed by atoms with van der Waals surface area (Å²) in [7, 11) is 0. The lowest BCUT2D eigenvalue weighted by atomic mass is 9.90. The van der Waals surface area contributed by atoms with Gasteiger partial charge >= 0.3 is 5.91 Å². The van der Waals surface area contributed by atoms with E-state index in [1.807, 2.05) is 30.0 Å². The van der Waals surface area contributed by atoms with Crippen molar-refractivity contribution in [2.45, 2.75) is 25.8 Å². The van der Waals surface area contributed by atoms with Crippen LogP contribution in [0.4, 0.5) is 0 Å². The van der Waals surface area contributed by atoms with Gasteiger partial charge in [0.2, 0.25) is 0 Å². The SMILES string of the molecule is CCC1Cc2cc(OCCN3C=CNC3)c(O)cc2-c2cc(=O)c(C(=O)N=O)cn21. The van der Waals surface area contributed by atoms with Crippen molar-refractivity contribution in [1.29, 1.82) is 0 Å². The Morgan fingerprint density at radius 1 is 1.37 bits per heavy atom. The van der Waals surface area contributed by atoms with Crippen LogP contribution in [0.3, 0.4) is 0 Å². The number of pyridine rings is 1. The number of amides is 1. The third-order valence-corrected chi connectivity index (χ3v) is 5.51. The summed E-state index contributed by atoms with van der Waals surface area (Å²) in [5.74, 6) is -0.703. The molecule has 3 heterocycles. The van der Waals surface area contributed by atoms with Gasteiger partial charge in [0.1, 0.15) is 12.2 Å². The minimum absolute atomic E-state index is 0.00972. The predicted molar refractivity (Wildman–Crippen MR) is 110 cm³/mol. The van der Waals surface area contributed by atoms with E-state index in [4.69, 9.17) is 4.74 Å². The Morgan fingerprint density at radius 3 is 2.90 bits per heavy atom. The molecule has 9 nitrogen and oxygen atoms in total. The molecule has 2 aromatic rings. The molecule has 4 rings (SSSR count). The molecular formula is C21H22N4O5. The monoisotopic (exact) mass is 410 g/mol. The second kappa shape index (κ2) is 8.02. The number of phenols is 1. The molecule has 30 heavy (non-hydrogen) atoms. The molecule has 1 atom stereocenters. The van der Waals surface area contributed by atoms with Gasteiger partial charge in [0.05, 0.1) is 18.9 Å². The maximum Gasteiger partial charge on any atom is 0.322 e. The van der Waals surface area contributed by atoms with Crippen LogP contribution < -0.4 is 15.5 Å². The van der Waals surface area contributed by atoms with E-state index in [0.29, 0.717) is 36.6 Å². The lowest BCUT2D eigenvalue weighted by molar-refractivity contribution is 0.0999. The van der Waals surface area contributed by atoms with Crippen molar-refractivity contribution in [3.05, 3.63) is 63.1 Å². The fourth-order valence-electron chi connectivity index (χ4n) is 3.91. The van der Waals surface area contributed by atoms with Gasteiger partial charge in [-0.1, -0.05) is 6.92 Å². The van der Waals surface area contributed by atoms with Crippen LogP contribution in [-0.2, 0) is 6.42 Å². The lowest BCUT2D eigenvalue weighted by Crippen LogP contribution is -2.26. The molecule has 2 aliphatic rings. The van der Waals surface area contributed by atoms with Crippen molar-refractivity contribution in [1.82, 2.24) is 14.8 Å². The average molecular weight is 410 g/mol. The largest absolute Gasteiger partial charge is 0.504 e. The Kier molecular flexibility index (Phi) is 5.26. The van der Waals surface area contributed by atoms with E-state index in [1.165, 1.54) is 12.3 Å². The molecule has 0 saturated heterocycles. The van der Waals surface area contributed by atoms with Crippen molar-refractivity contribution in [2.24, 2.45) is 5.18 Å². The van der Waals surface area contributed by atoms with Crippen molar-refractivity contribution in [3.8, 4) is 22.8 Å². The summed E-state index contributed by atoms with van der Waals surface area (Å²) in [5.41, 5.74) is 1.42. The summed E-state index contributed by atoms with van der Waals surface area (Å²) in [6.45, 7) is 3.83. The number of benzene rings is 1. The second-order valence-electron chi connectivity index (χ2n) is 7.32. The quantitative estimate of drug-likeness (QED) is 0.703. The molecule has 1 amide bonds. The maximum absolute atomic E-state index is 12.4. The fraction of sp³-hybridized carbons (Fsp3) is 0.333. The summed E-state index contributed by atoms with van der Waals surface area (Å²) in [5, 5.41) is 16.0. The van der Waals surface area contributed by atoms with E-state index in [1.54, 1.807) is 6.07 Å². The third-order valence-electron chi connectivity index (χ3n) is 5.51. The zero-order valence-electron chi connectivity index (χ0n) is 16.5. The molecule has 0 aliphatic carbocycles. The van der Waals surface area contributed by atoms with E-state index in [0.717, 1.165) is 18.7 Å². The molecule has 0 radical (unpaired) electrons. The predicted octanol–water partition coefficient (Wildman–Crippen LogP) is 2.35. The van der Waals surface area contributed by atoms with Crippen molar-refractivity contribution in [2.75, 3.05) is 19.8 Å². The van der Waals surface area contributed by atoms with Crippen LogP contribution in [0.25, 0.3) is 11.3 Å². The average Bonchev–Trinajstić information content (AvgIpc) is 3.26. The number of carbonyl (C=O) groups is 1. The number of rotatable bonds is 6. The van der Waals surface area contributed by atoms with Gasteiger partial charge in [0.15, 0.2) is 16.9 Å². The molecule has 2 N–H and O–H groups in total. The molecular weight excluding hydrogens is 388 g/mol. The first-order valence-electron chi connectivity index (χ1n) is 9.78. The summed E-state index contributed by atoms with van der Waals surface area (Å²) in [4.78, 5) is 36.8. The normalized spacial score (nSPS) is 16.6. The molecule has 1 aromatic carbocycles. The van der Waals surface area contributed by atoms with Crippen LogP contribution >= 0.6 is 0 Å². The zero-order valence-corrected chi connectivity index (χ0v) is 16.5. The Labute approximate surface area is 172 Å². The number of nitrogens with one attached hydrogen (secondary N) is 1. The highest BCUT2D eigenvalue weighted by molar-refractivity contribution is 5.94. The van der Waals surface area contributed by atoms with Gasteiger partial charge in [-0.05, 0) is 30.5 Å². The van der Waals surface area contributed by atoms with Crippen LogP contribution in [0.5, 0.6) is 11.5 Å². The first kappa shape index (κ1) is 19.7. The number of ether oxygens (including phenoxy) is 1. The summed E-state index contributed by atoms with van der Waals surface area (Å²) in [6, 6.07) is 4.71. The maximum atomic E-state index is 12.4. The molecule has 0 spiro atoms. The number of phenolic OH excluding ortho intramolecular Hbond substituents is 1. The Hall–Kier alpha value is -3.62. The van der Waals surface area contributed by atoms with Crippen molar-refractivity contribution in [3.63, 3.8) is 0 Å². The molecule has 156 valence electrons. The van der Waals surface area contributed by atoms with Gasteiger partial charge in [-0.15, -0.1) is 4.91 Å². The number of nitroso groups, excluding NO2 is 1. The van der Waals surface area contributed by atoms with E-state index >= 15 is 0 Å². The second-order valence-corrected chi connectivity index (χ2v) is 7.32. The highest BCUT2D eigenvalue weighted by Gasteiger charge is 2.27. The number of aromatic hydroxyl groups is 1. The van der Waals surface area contributed by atoms with Crippen LogP contribution in [-0.4, -0.2) is 40.3 Å². The molecule has 9 heteroatoms. The molecule has 0 bridgehead atoms. The van der Waals surface area contributed by atoms with Crippen LogP contribution in [0.15, 0.2) is 46.8 Å². The van der Waals surface area contributed by atoms with Gasteiger partial charge in [0.25, 0.3) is 0 Å². The Bertz CT molecular complexity index is 1090. The van der Waals surface area contributed by atoms with Gasteiger partial charge in [-0.2, -0.15) is 0 Å². The molecule has 2 aliphatic heterocycles. The summed E-state index contributed by atoms with van der Waals surface area (Å²) in [6.07, 6.45) is 6.60. The van der Waals surface area contributed by atoms with Gasteiger partial charge in [-0.25, -0.2) is 0 Å². The number of nitrogens with zero attached hydrogens (tertiary/aromatic N) is 3.